The Bertz CT molecular complexity index is 798. The molecule has 25 heavy (non-hydrogen) atoms. The minimum Gasteiger partial charge on any atom is -0.387 e. The van der Waals surface area contributed by atoms with Gasteiger partial charge < -0.3 is 5.32 Å². The molecule has 5 nitrogen and oxygen atoms in total. The molecule has 128 valence electrons. The standard InChI is InChI=1S/C20H21N3O2/c1-21-18-12-22-10-9-15(18)13-5-4-6-14(11-13)23-19(24)16-7-2-3-8-17(16)20(23)25/h2-3,7-10,12-14,21H,4-6,11H2,1H3. The predicted molar refractivity (Wildman–Crippen MR) is 95.7 cm³/mol. The molecule has 1 aromatic heterocycles. The number of benzene rings is 1. The lowest BCUT2D eigenvalue weighted by atomic mass is 9.80. The summed E-state index contributed by atoms with van der Waals surface area (Å²) in [6.07, 6.45) is 7.40. The molecule has 1 aromatic carbocycles. The number of hydrogen-bond acceptors (Lipinski definition) is 4. The molecule has 2 aromatic rings. The van der Waals surface area contributed by atoms with Gasteiger partial charge in [0, 0.05) is 19.3 Å². The van der Waals surface area contributed by atoms with E-state index in [-0.39, 0.29) is 17.9 Å². The third-order valence-electron chi connectivity index (χ3n) is 5.40. The number of carbonyl (C=O) groups is 2. The summed E-state index contributed by atoms with van der Waals surface area (Å²) >= 11 is 0. The predicted octanol–water partition coefficient (Wildman–Crippen LogP) is 3.45. The smallest absolute Gasteiger partial charge is 0.261 e. The Morgan fingerprint density at radius 3 is 2.48 bits per heavy atom. The number of amides is 2. The first kappa shape index (κ1) is 15.8. The largest absolute Gasteiger partial charge is 0.387 e. The van der Waals surface area contributed by atoms with Crippen LogP contribution in [0.1, 0.15) is 57.9 Å². The van der Waals surface area contributed by atoms with Gasteiger partial charge in [-0.2, -0.15) is 0 Å². The van der Waals surface area contributed by atoms with Gasteiger partial charge in [0.1, 0.15) is 0 Å². The Morgan fingerprint density at radius 2 is 1.80 bits per heavy atom. The third-order valence-corrected chi connectivity index (χ3v) is 5.40. The molecule has 1 fully saturated rings. The molecule has 0 saturated heterocycles. The SMILES string of the molecule is CNc1cnccc1C1CCCC(N2C(=O)c3ccccc3C2=O)C1. The van der Waals surface area contributed by atoms with Gasteiger partial charge >= 0.3 is 0 Å². The Morgan fingerprint density at radius 1 is 1.08 bits per heavy atom. The maximum absolute atomic E-state index is 12.8. The molecular formula is C20H21N3O2. The highest BCUT2D eigenvalue weighted by molar-refractivity contribution is 6.21. The van der Waals surface area contributed by atoms with E-state index in [0.717, 1.165) is 31.4 Å². The number of carbonyl (C=O) groups excluding carboxylic acids is 2. The van der Waals surface area contributed by atoms with Crippen LogP contribution in [-0.4, -0.2) is 34.8 Å². The van der Waals surface area contributed by atoms with Crippen molar-refractivity contribution in [1.29, 1.82) is 0 Å². The lowest BCUT2D eigenvalue weighted by molar-refractivity contribution is 0.0540. The van der Waals surface area contributed by atoms with Crippen molar-refractivity contribution in [2.75, 3.05) is 12.4 Å². The monoisotopic (exact) mass is 335 g/mol. The van der Waals surface area contributed by atoms with Gasteiger partial charge in [-0.1, -0.05) is 18.6 Å². The highest BCUT2D eigenvalue weighted by atomic mass is 16.2. The van der Waals surface area contributed by atoms with E-state index in [1.54, 1.807) is 12.1 Å². The molecule has 4 rings (SSSR count). The van der Waals surface area contributed by atoms with Gasteiger partial charge in [0.2, 0.25) is 0 Å². The van der Waals surface area contributed by atoms with E-state index in [1.165, 1.54) is 10.5 Å². The van der Waals surface area contributed by atoms with Crippen molar-refractivity contribution in [2.24, 2.45) is 0 Å². The zero-order valence-electron chi connectivity index (χ0n) is 14.2. The van der Waals surface area contributed by atoms with E-state index in [4.69, 9.17) is 0 Å². The number of pyridine rings is 1. The molecule has 0 radical (unpaired) electrons. The van der Waals surface area contributed by atoms with E-state index in [9.17, 15) is 9.59 Å². The highest BCUT2D eigenvalue weighted by Gasteiger charge is 2.41. The van der Waals surface area contributed by atoms with E-state index in [0.29, 0.717) is 17.0 Å². The van der Waals surface area contributed by atoms with Gasteiger partial charge in [-0.05, 0) is 48.9 Å². The van der Waals surface area contributed by atoms with Gasteiger partial charge in [0.05, 0.1) is 23.0 Å². The Balaban J connectivity index is 1.60. The molecular weight excluding hydrogens is 314 g/mol. The lowest BCUT2D eigenvalue weighted by Crippen LogP contribution is -2.42. The maximum Gasteiger partial charge on any atom is 0.261 e. The second-order valence-corrected chi connectivity index (χ2v) is 6.76. The molecule has 0 spiro atoms. The Labute approximate surface area is 147 Å². The first-order valence-corrected chi connectivity index (χ1v) is 8.79. The van der Waals surface area contributed by atoms with Crippen molar-refractivity contribution in [2.45, 2.75) is 37.6 Å². The first-order valence-electron chi connectivity index (χ1n) is 8.79. The second-order valence-electron chi connectivity index (χ2n) is 6.76. The number of aromatic nitrogens is 1. The van der Waals surface area contributed by atoms with Crippen molar-refractivity contribution in [3.8, 4) is 0 Å². The summed E-state index contributed by atoms with van der Waals surface area (Å²) in [5, 5.41) is 3.20. The van der Waals surface area contributed by atoms with Crippen LogP contribution < -0.4 is 5.32 Å². The van der Waals surface area contributed by atoms with Crippen LogP contribution in [0, 0.1) is 0 Å². The summed E-state index contributed by atoms with van der Waals surface area (Å²) in [5.41, 5.74) is 3.32. The number of rotatable bonds is 3. The molecule has 0 bridgehead atoms. The van der Waals surface area contributed by atoms with Crippen LogP contribution in [0.25, 0.3) is 0 Å². The number of nitrogens with one attached hydrogen (secondary N) is 1. The number of nitrogens with zero attached hydrogens (tertiary/aromatic N) is 2. The molecule has 2 amide bonds. The molecule has 2 unspecified atom stereocenters. The Kier molecular flexibility index (Phi) is 3.99. The van der Waals surface area contributed by atoms with Crippen LogP contribution in [0.5, 0.6) is 0 Å². The number of fused-ring (bicyclic) bond motifs is 1. The van der Waals surface area contributed by atoms with Gasteiger partial charge in [-0.25, -0.2) is 0 Å². The fourth-order valence-corrected chi connectivity index (χ4v) is 4.19. The number of imide groups is 1. The summed E-state index contributed by atoms with van der Waals surface area (Å²) in [5.74, 6) is 0.0400. The summed E-state index contributed by atoms with van der Waals surface area (Å²) in [4.78, 5) is 31.2. The number of anilines is 1. The van der Waals surface area contributed by atoms with Gasteiger partial charge in [0.15, 0.2) is 0 Å². The van der Waals surface area contributed by atoms with Crippen LogP contribution in [0.2, 0.25) is 0 Å². The van der Waals surface area contributed by atoms with Crippen molar-refractivity contribution in [3.63, 3.8) is 0 Å². The lowest BCUT2D eigenvalue weighted by Gasteiger charge is -2.35. The average molecular weight is 335 g/mol. The quantitative estimate of drug-likeness (QED) is 0.873. The van der Waals surface area contributed by atoms with Crippen molar-refractivity contribution < 1.29 is 9.59 Å². The molecule has 2 heterocycles. The summed E-state index contributed by atoms with van der Waals surface area (Å²) < 4.78 is 0. The van der Waals surface area contributed by atoms with Crippen molar-refractivity contribution in [3.05, 3.63) is 59.4 Å². The molecule has 1 N–H and O–H groups in total. The minimum atomic E-state index is -0.144. The van der Waals surface area contributed by atoms with E-state index in [2.05, 4.69) is 10.3 Å². The molecule has 5 heteroatoms. The third kappa shape index (κ3) is 2.60. The highest BCUT2D eigenvalue weighted by Crippen LogP contribution is 2.39. The normalized spacial score (nSPS) is 22.8. The molecule has 1 aliphatic carbocycles. The summed E-state index contributed by atoms with van der Waals surface area (Å²) in [6.45, 7) is 0. The summed E-state index contributed by atoms with van der Waals surface area (Å²) in [6, 6.07) is 9.13. The average Bonchev–Trinajstić information content (AvgIpc) is 2.93. The van der Waals surface area contributed by atoms with Gasteiger partial charge in [0.25, 0.3) is 11.8 Å². The fraction of sp³-hybridized carbons (Fsp3) is 0.350. The Hall–Kier alpha value is -2.69. The zero-order chi connectivity index (χ0) is 17.4. The molecule has 2 atom stereocenters. The van der Waals surface area contributed by atoms with Crippen molar-refractivity contribution >= 4 is 17.5 Å². The fourth-order valence-electron chi connectivity index (χ4n) is 4.19. The maximum atomic E-state index is 12.8. The van der Waals surface area contributed by atoms with Gasteiger partial charge in [-0.15, -0.1) is 0 Å². The van der Waals surface area contributed by atoms with Crippen LogP contribution >= 0.6 is 0 Å². The van der Waals surface area contributed by atoms with Crippen LogP contribution in [0.4, 0.5) is 5.69 Å². The van der Waals surface area contributed by atoms with Crippen LogP contribution in [0.15, 0.2) is 42.7 Å². The molecule has 1 saturated carbocycles. The van der Waals surface area contributed by atoms with E-state index < -0.39 is 0 Å². The first-order chi connectivity index (χ1) is 12.2. The molecule has 1 aliphatic heterocycles. The van der Waals surface area contributed by atoms with Gasteiger partial charge in [-0.3, -0.25) is 19.5 Å². The molecule has 2 aliphatic rings. The van der Waals surface area contributed by atoms with E-state index >= 15 is 0 Å². The summed E-state index contributed by atoms with van der Waals surface area (Å²) in [7, 11) is 1.89. The van der Waals surface area contributed by atoms with Crippen LogP contribution in [-0.2, 0) is 0 Å². The van der Waals surface area contributed by atoms with Crippen molar-refractivity contribution in [1.82, 2.24) is 9.88 Å². The van der Waals surface area contributed by atoms with Crippen LogP contribution in [0.3, 0.4) is 0 Å². The topological polar surface area (TPSA) is 62.3 Å². The van der Waals surface area contributed by atoms with E-state index in [1.807, 2.05) is 37.6 Å². The number of hydrogen-bond donors (Lipinski definition) is 1. The second kappa shape index (κ2) is 6.31. The zero-order valence-corrected chi connectivity index (χ0v) is 14.2. The minimum absolute atomic E-state index is 0.0379.